The topological polar surface area (TPSA) is 41.1 Å². The molecule has 0 saturated heterocycles. The van der Waals surface area contributed by atoms with Crippen LogP contribution in [0.2, 0.25) is 0 Å². The monoisotopic (exact) mass is 206 g/mol. The molecule has 0 aliphatic rings. The van der Waals surface area contributed by atoms with Crippen molar-refractivity contribution >= 4 is 11.5 Å². The van der Waals surface area contributed by atoms with Gasteiger partial charge in [-0.2, -0.15) is 0 Å². The lowest BCUT2D eigenvalue weighted by Gasteiger charge is -2.06. The van der Waals surface area contributed by atoms with E-state index in [1.54, 1.807) is 6.92 Å². The molecule has 82 valence electrons. The van der Waals surface area contributed by atoms with Crippen molar-refractivity contribution in [2.75, 3.05) is 25.5 Å². The maximum Gasteiger partial charge on any atom is 0.159 e. The first kappa shape index (κ1) is 11.7. The highest BCUT2D eigenvalue weighted by Gasteiger charge is 1.99. The second-order valence-electron chi connectivity index (χ2n) is 3.52. The van der Waals surface area contributed by atoms with Crippen LogP contribution in [0.1, 0.15) is 23.7 Å². The van der Waals surface area contributed by atoms with E-state index in [2.05, 4.69) is 10.6 Å². The molecule has 0 bridgehead atoms. The molecule has 0 atom stereocenters. The molecule has 1 aromatic rings. The van der Waals surface area contributed by atoms with Crippen LogP contribution in [0.15, 0.2) is 24.3 Å². The fourth-order valence-corrected chi connectivity index (χ4v) is 1.35. The number of nitrogens with one attached hydrogen (secondary N) is 2. The van der Waals surface area contributed by atoms with E-state index < -0.39 is 0 Å². The number of carbonyl (C=O) groups is 1. The third-order valence-electron chi connectivity index (χ3n) is 2.20. The molecule has 2 N–H and O–H groups in total. The van der Waals surface area contributed by atoms with Crippen LogP contribution < -0.4 is 10.6 Å². The Morgan fingerprint density at radius 3 is 2.80 bits per heavy atom. The standard InChI is InChI=1S/C12H18N2O/c1-10(15)11-5-3-6-12(9-11)14-8-4-7-13-2/h3,5-6,9,13-14H,4,7-8H2,1-2H3. The summed E-state index contributed by atoms with van der Waals surface area (Å²) in [4.78, 5) is 11.1. The third-order valence-corrected chi connectivity index (χ3v) is 2.20. The van der Waals surface area contributed by atoms with Gasteiger partial charge in [-0.3, -0.25) is 4.79 Å². The number of anilines is 1. The van der Waals surface area contributed by atoms with Crippen LogP contribution in [0.4, 0.5) is 5.69 Å². The van der Waals surface area contributed by atoms with Crippen molar-refractivity contribution in [1.82, 2.24) is 5.32 Å². The highest BCUT2D eigenvalue weighted by molar-refractivity contribution is 5.94. The lowest BCUT2D eigenvalue weighted by Crippen LogP contribution is -2.12. The van der Waals surface area contributed by atoms with Gasteiger partial charge in [-0.05, 0) is 39.1 Å². The Kier molecular flexibility index (Phi) is 4.84. The Hall–Kier alpha value is -1.35. The van der Waals surface area contributed by atoms with Crippen molar-refractivity contribution in [1.29, 1.82) is 0 Å². The van der Waals surface area contributed by atoms with E-state index in [-0.39, 0.29) is 5.78 Å². The number of ketones is 1. The number of benzene rings is 1. The average molecular weight is 206 g/mol. The van der Waals surface area contributed by atoms with Crippen LogP contribution in [0.3, 0.4) is 0 Å². The summed E-state index contributed by atoms with van der Waals surface area (Å²) < 4.78 is 0. The fourth-order valence-electron chi connectivity index (χ4n) is 1.35. The lowest BCUT2D eigenvalue weighted by atomic mass is 10.1. The van der Waals surface area contributed by atoms with Crippen LogP contribution in [-0.4, -0.2) is 25.9 Å². The Bertz CT molecular complexity index is 323. The zero-order chi connectivity index (χ0) is 11.1. The highest BCUT2D eigenvalue weighted by atomic mass is 16.1. The molecule has 3 heteroatoms. The van der Waals surface area contributed by atoms with E-state index in [1.165, 1.54) is 0 Å². The minimum Gasteiger partial charge on any atom is -0.385 e. The number of carbonyl (C=O) groups excluding carboxylic acids is 1. The van der Waals surface area contributed by atoms with Gasteiger partial charge >= 0.3 is 0 Å². The van der Waals surface area contributed by atoms with E-state index in [4.69, 9.17) is 0 Å². The quantitative estimate of drug-likeness (QED) is 0.552. The summed E-state index contributed by atoms with van der Waals surface area (Å²) >= 11 is 0. The van der Waals surface area contributed by atoms with Crippen LogP contribution in [0.25, 0.3) is 0 Å². The lowest BCUT2D eigenvalue weighted by molar-refractivity contribution is 0.101. The van der Waals surface area contributed by atoms with E-state index in [0.717, 1.165) is 30.8 Å². The first-order valence-electron chi connectivity index (χ1n) is 5.23. The van der Waals surface area contributed by atoms with Gasteiger partial charge in [0.05, 0.1) is 0 Å². The molecular formula is C12H18N2O. The highest BCUT2D eigenvalue weighted by Crippen LogP contribution is 2.10. The molecule has 1 rings (SSSR count). The summed E-state index contributed by atoms with van der Waals surface area (Å²) in [6, 6.07) is 7.60. The molecule has 0 amide bonds. The predicted molar refractivity (Wildman–Crippen MR) is 63.5 cm³/mol. The normalized spacial score (nSPS) is 10.0. The second-order valence-corrected chi connectivity index (χ2v) is 3.52. The smallest absolute Gasteiger partial charge is 0.159 e. The zero-order valence-electron chi connectivity index (χ0n) is 9.34. The van der Waals surface area contributed by atoms with Gasteiger partial charge in [0, 0.05) is 17.8 Å². The second kappa shape index (κ2) is 6.19. The van der Waals surface area contributed by atoms with Crippen LogP contribution >= 0.6 is 0 Å². The number of rotatable bonds is 6. The van der Waals surface area contributed by atoms with E-state index >= 15 is 0 Å². The van der Waals surface area contributed by atoms with E-state index in [1.807, 2.05) is 31.3 Å². The molecule has 15 heavy (non-hydrogen) atoms. The molecular weight excluding hydrogens is 188 g/mol. The largest absolute Gasteiger partial charge is 0.385 e. The van der Waals surface area contributed by atoms with Crippen molar-refractivity contribution in [3.63, 3.8) is 0 Å². The van der Waals surface area contributed by atoms with Crippen molar-refractivity contribution in [2.45, 2.75) is 13.3 Å². The minimum atomic E-state index is 0.105. The Morgan fingerprint density at radius 2 is 2.13 bits per heavy atom. The number of hydrogen-bond acceptors (Lipinski definition) is 3. The summed E-state index contributed by atoms with van der Waals surface area (Å²) in [5, 5.41) is 6.37. The molecule has 0 saturated carbocycles. The van der Waals surface area contributed by atoms with Gasteiger partial charge in [-0.1, -0.05) is 12.1 Å². The summed E-state index contributed by atoms with van der Waals surface area (Å²) in [6.07, 6.45) is 1.07. The fraction of sp³-hybridized carbons (Fsp3) is 0.417. The Balaban J connectivity index is 2.47. The van der Waals surface area contributed by atoms with Gasteiger partial charge in [-0.15, -0.1) is 0 Å². The predicted octanol–water partition coefficient (Wildman–Crippen LogP) is 1.91. The first-order chi connectivity index (χ1) is 7.24. The molecule has 0 aliphatic heterocycles. The minimum absolute atomic E-state index is 0.105. The van der Waals surface area contributed by atoms with Crippen molar-refractivity contribution in [3.8, 4) is 0 Å². The average Bonchev–Trinajstić information content (AvgIpc) is 2.25. The van der Waals surface area contributed by atoms with E-state index in [9.17, 15) is 4.79 Å². The summed E-state index contributed by atoms with van der Waals surface area (Å²) in [5.41, 5.74) is 1.77. The van der Waals surface area contributed by atoms with Gasteiger partial charge in [0.2, 0.25) is 0 Å². The molecule has 0 unspecified atom stereocenters. The first-order valence-corrected chi connectivity index (χ1v) is 5.23. The van der Waals surface area contributed by atoms with Gasteiger partial charge in [-0.25, -0.2) is 0 Å². The molecule has 0 radical (unpaired) electrons. The van der Waals surface area contributed by atoms with Gasteiger partial charge < -0.3 is 10.6 Å². The van der Waals surface area contributed by atoms with Crippen LogP contribution in [0.5, 0.6) is 0 Å². The van der Waals surface area contributed by atoms with Gasteiger partial charge in [0.25, 0.3) is 0 Å². The Labute approximate surface area is 90.9 Å². The number of Topliss-reactive ketones (excluding diaryl/α,β-unsaturated/α-hetero) is 1. The molecule has 0 spiro atoms. The molecule has 0 aromatic heterocycles. The molecule has 3 nitrogen and oxygen atoms in total. The number of hydrogen-bond donors (Lipinski definition) is 2. The van der Waals surface area contributed by atoms with Crippen LogP contribution in [-0.2, 0) is 0 Å². The van der Waals surface area contributed by atoms with Crippen molar-refractivity contribution in [2.24, 2.45) is 0 Å². The molecule has 0 aliphatic carbocycles. The van der Waals surface area contributed by atoms with Crippen LogP contribution in [0, 0.1) is 0 Å². The summed E-state index contributed by atoms with van der Waals surface area (Å²) in [6.45, 7) is 3.50. The Morgan fingerprint density at radius 1 is 1.33 bits per heavy atom. The van der Waals surface area contributed by atoms with Gasteiger partial charge in [0.1, 0.15) is 0 Å². The molecule has 1 aromatic carbocycles. The summed E-state index contributed by atoms with van der Waals surface area (Å²) in [5.74, 6) is 0.105. The van der Waals surface area contributed by atoms with Gasteiger partial charge in [0.15, 0.2) is 5.78 Å². The maximum atomic E-state index is 11.1. The van der Waals surface area contributed by atoms with Crippen molar-refractivity contribution in [3.05, 3.63) is 29.8 Å². The maximum absolute atomic E-state index is 11.1. The zero-order valence-corrected chi connectivity index (χ0v) is 9.34. The third kappa shape index (κ3) is 4.13. The molecule has 0 heterocycles. The van der Waals surface area contributed by atoms with Crippen molar-refractivity contribution < 1.29 is 4.79 Å². The SMILES string of the molecule is CNCCCNc1cccc(C(C)=O)c1. The molecule has 0 fully saturated rings. The summed E-state index contributed by atoms with van der Waals surface area (Å²) in [7, 11) is 1.94. The van der Waals surface area contributed by atoms with E-state index in [0.29, 0.717) is 0 Å².